The van der Waals surface area contributed by atoms with E-state index in [9.17, 15) is 14.9 Å². The van der Waals surface area contributed by atoms with Gasteiger partial charge in [0.15, 0.2) is 0 Å². The molecule has 0 saturated heterocycles. The third kappa shape index (κ3) is 2.94. The number of nitrogens with two attached hydrogens (primary N) is 1. The van der Waals surface area contributed by atoms with Crippen LogP contribution in [0, 0.1) is 10.1 Å². The van der Waals surface area contributed by atoms with E-state index in [0.717, 1.165) is 25.5 Å². The molecule has 0 atom stereocenters. The van der Waals surface area contributed by atoms with Gasteiger partial charge in [-0.15, -0.1) is 0 Å². The van der Waals surface area contributed by atoms with E-state index >= 15 is 0 Å². The van der Waals surface area contributed by atoms with Crippen LogP contribution in [-0.2, 0) is 0 Å². The Kier molecular flexibility index (Phi) is 4.08. The molecule has 0 aromatic carbocycles. The lowest BCUT2D eigenvalue weighted by atomic mass is 9.75. The monoisotopic (exact) mass is 293 g/mol. The summed E-state index contributed by atoms with van der Waals surface area (Å²) >= 11 is 0. The number of carbonyl (C=O) groups is 1. The second-order valence-corrected chi connectivity index (χ2v) is 5.54. The van der Waals surface area contributed by atoms with Crippen molar-refractivity contribution in [3.05, 3.63) is 27.9 Å². The first kappa shape index (κ1) is 15.2. The minimum absolute atomic E-state index is 0.0526. The van der Waals surface area contributed by atoms with Crippen molar-refractivity contribution in [2.45, 2.75) is 24.8 Å². The van der Waals surface area contributed by atoms with Gasteiger partial charge in [0.05, 0.1) is 4.92 Å². The second kappa shape index (κ2) is 5.65. The molecule has 1 amide bonds. The zero-order chi connectivity index (χ0) is 15.6. The van der Waals surface area contributed by atoms with Gasteiger partial charge in [-0.1, -0.05) is 0 Å². The molecule has 114 valence electrons. The van der Waals surface area contributed by atoms with Crippen LogP contribution >= 0.6 is 0 Å². The minimum atomic E-state index is -0.633. The Morgan fingerprint density at radius 3 is 2.71 bits per heavy atom. The summed E-state index contributed by atoms with van der Waals surface area (Å²) in [7, 11) is 3.94. The number of anilines is 1. The van der Waals surface area contributed by atoms with Crippen LogP contribution in [-0.4, -0.2) is 46.9 Å². The summed E-state index contributed by atoms with van der Waals surface area (Å²) in [6.45, 7) is 0.457. The van der Waals surface area contributed by atoms with E-state index in [2.05, 4.69) is 15.2 Å². The third-order valence-corrected chi connectivity index (χ3v) is 4.16. The molecule has 0 radical (unpaired) electrons. The Bertz CT molecular complexity index is 569. The van der Waals surface area contributed by atoms with Crippen LogP contribution in [0.4, 0.5) is 11.5 Å². The molecule has 0 bridgehead atoms. The zero-order valence-corrected chi connectivity index (χ0v) is 12.1. The van der Waals surface area contributed by atoms with E-state index in [1.165, 1.54) is 6.07 Å². The van der Waals surface area contributed by atoms with Crippen LogP contribution in [0.25, 0.3) is 0 Å². The molecule has 2 rings (SSSR count). The molecule has 1 aliphatic rings. The standard InChI is InChI=1S/C13H19N5O3/c1-17(2)13(4-3-5-13)8-16-12(19)9-6-11(14)15-7-10(9)18(20)21/h6-7H,3-5,8H2,1-2H3,(H2,14,15)(H,16,19). The molecule has 1 aliphatic carbocycles. The maximum Gasteiger partial charge on any atom is 0.300 e. The highest BCUT2D eigenvalue weighted by Gasteiger charge is 2.39. The fourth-order valence-electron chi connectivity index (χ4n) is 2.50. The van der Waals surface area contributed by atoms with Crippen LogP contribution in [0.3, 0.4) is 0 Å². The first-order chi connectivity index (χ1) is 9.85. The predicted molar refractivity (Wildman–Crippen MR) is 77.9 cm³/mol. The molecule has 21 heavy (non-hydrogen) atoms. The number of likely N-dealkylation sites (N-methyl/N-ethyl adjacent to an activating group) is 1. The Labute approximate surface area is 122 Å². The molecule has 8 heteroatoms. The van der Waals surface area contributed by atoms with Crippen molar-refractivity contribution in [2.24, 2.45) is 0 Å². The highest BCUT2D eigenvalue weighted by Crippen LogP contribution is 2.35. The Balaban J connectivity index is 2.14. The summed E-state index contributed by atoms with van der Waals surface area (Å²) in [6.07, 6.45) is 4.13. The maximum absolute atomic E-state index is 12.2. The number of hydrogen-bond acceptors (Lipinski definition) is 6. The first-order valence-electron chi connectivity index (χ1n) is 6.71. The van der Waals surface area contributed by atoms with E-state index < -0.39 is 10.8 Å². The van der Waals surface area contributed by atoms with E-state index in [-0.39, 0.29) is 22.6 Å². The third-order valence-electron chi connectivity index (χ3n) is 4.16. The number of amides is 1. The van der Waals surface area contributed by atoms with Gasteiger partial charge in [0.2, 0.25) is 0 Å². The van der Waals surface area contributed by atoms with Crippen LogP contribution in [0.15, 0.2) is 12.3 Å². The lowest BCUT2D eigenvalue weighted by Gasteiger charge is -2.47. The van der Waals surface area contributed by atoms with E-state index in [1.54, 1.807) is 0 Å². The molecule has 1 heterocycles. The Morgan fingerprint density at radius 2 is 2.24 bits per heavy atom. The number of nitro groups is 1. The second-order valence-electron chi connectivity index (χ2n) is 5.54. The van der Waals surface area contributed by atoms with Crippen LogP contribution in [0.1, 0.15) is 29.6 Å². The largest absolute Gasteiger partial charge is 0.384 e. The number of nitrogens with one attached hydrogen (secondary N) is 1. The van der Waals surface area contributed by atoms with Gasteiger partial charge in [0.1, 0.15) is 17.6 Å². The molecule has 1 fully saturated rings. The molecule has 0 spiro atoms. The fraction of sp³-hybridized carbons (Fsp3) is 0.538. The smallest absolute Gasteiger partial charge is 0.300 e. The van der Waals surface area contributed by atoms with Crippen molar-refractivity contribution < 1.29 is 9.72 Å². The average molecular weight is 293 g/mol. The number of pyridine rings is 1. The molecular weight excluding hydrogens is 274 g/mol. The van der Waals surface area contributed by atoms with Gasteiger partial charge >= 0.3 is 0 Å². The zero-order valence-electron chi connectivity index (χ0n) is 12.1. The van der Waals surface area contributed by atoms with Crippen molar-refractivity contribution in [1.29, 1.82) is 0 Å². The molecular formula is C13H19N5O3. The molecule has 1 aromatic heterocycles. The summed E-state index contributed by atoms with van der Waals surface area (Å²) in [5.74, 6) is -0.416. The van der Waals surface area contributed by atoms with Gasteiger partial charge in [0, 0.05) is 12.1 Å². The lowest BCUT2D eigenvalue weighted by Crippen LogP contribution is -2.57. The SMILES string of the molecule is CN(C)C1(CNC(=O)c2cc(N)ncc2[N+](=O)[O-])CCC1. The van der Waals surface area contributed by atoms with Crippen LogP contribution in [0.2, 0.25) is 0 Å². The highest BCUT2D eigenvalue weighted by molar-refractivity contribution is 5.98. The summed E-state index contributed by atoms with van der Waals surface area (Å²) in [5.41, 5.74) is 5.06. The normalized spacial score (nSPS) is 16.3. The van der Waals surface area contributed by atoms with Gasteiger partial charge < -0.3 is 16.0 Å². The highest BCUT2D eigenvalue weighted by atomic mass is 16.6. The molecule has 1 aromatic rings. The Morgan fingerprint density at radius 1 is 1.57 bits per heavy atom. The van der Waals surface area contributed by atoms with E-state index in [1.807, 2.05) is 14.1 Å². The van der Waals surface area contributed by atoms with E-state index in [0.29, 0.717) is 6.54 Å². The van der Waals surface area contributed by atoms with Gasteiger partial charge in [-0.25, -0.2) is 4.98 Å². The van der Waals surface area contributed by atoms with Crippen molar-refractivity contribution >= 4 is 17.4 Å². The number of nitrogens with zero attached hydrogens (tertiary/aromatic N) is 3. The minimum Gasteiger partial charge on any atom is -0.384 e. The summed E-state index contributed by atoms with van der Waals surface area (Å²) < 4.78 is 0. The quantitative estimate of drug-likeness (QED) is 0.612. The van der Waals surface area contributed by atoms with Crippen LogP contribution in [0.5, 0.6) is 0 Å². The molecule has 0 unspecified atom stereocenters. The summed E-state index contributed by atoms with van der Waals surface area (Å²) in [5, 5.41) is 13.7. The van der Waals surface area contributed by atoms with Gasteiger partial charge in [0.25, 0.3) is 11.6 Å². The van der Waals surface area contributed by atoms with Crippen molar-refractivity contribution in [3.8, 4) is 0 Å². The molecule has 0 aliphatic heterocycles. The van der Waals surface area contributed by atoms with Crippen molar-refractivity contribution in [3.63, 3.8) is 0 Å². The number of aromatic nitrogens is 1. The van der Waals surface area contributed by atoms with Gasteiger partial charge in [-0.05, 0) is 39.4 Å². The number of nitrogen functional groups attached to an aromatic ring is 1. The summed E-state index contributed by atoms with van der Waals surface area (Å²) in [4.78, 5) is 28.3. The van der Waals surface area contributed by atoms with Crippen LogP contribution < -0.4 is 11.1 Å². The molecule has 3 N–H and O–H groups in total. The topological polar surface area (TPSA) is 114 Å². The van der Waals surface area contributed by atoms with Crippen molar-refractivity contribution in [1.82, 2.24) is 15.2 Å². The van der Waals surface area contributed by atoms with Gasteiger partial charge in [-0.3, -0.25) is 14.9 Å². The molecule has 8 nitrogen and oxygen atoms in total. The summed E-state index contributed by atoms with van der Waals surface area (Å²) in [6, 6.07) is 1.23. The van der Waals surface area contributed by atoms with E-state index in [4.69, 9.17) is 5.73 Å². The first-order valence-corrected chi connectivity index (χ1v) is 6.71. The van der Waals surface area contributed by atoms with Gasteiger partial charge in [-0.2, -0.15) is 0 Å². The maximum atomic E-state index is 12.2. The predicted octanol–water partition coefficient (Wildman–Crippen LogP) is 0.786. The van der Waals surface area contributed by atoms with Crippen molar-refractivity contribution in [2.75, 3.05) is 26.4 Å². The lowest BCUT2D eigenvalue weighted by molar-refractivity contribution is -0.385. The average Bonchev–Trinajstić information content (AvgIpc) is 2.36. The molecule has 1 saturated carbocycles. The number of rotatable bonds is 5. The Hall–Kier alpha value is -2.22. The number of carbonyl (C=O) groups excluding carboxylic acids is 1. The number of hydrogen-bond donors (Lipinski definition) is 2. The fourth-order valence-corrected chi connectivity index (χ4v) is 2.50.